The molecule has 1 heterocycles. The molecule has 8 heteroatoms. The van der Waals surface area contributed by atoms with E-state index in [0.29, 0.717) is 16.1 Å². The number of carbonyl (C=O) groups excluding carboxylic acids is 3. The Balaban J connectivity index is 2.41. The van der Waals surface area contributed by atoms with E-state index in [1.165, 1.54) is 7.11 Å². The molecular formula is C17H16ClNO5S. The number of rotatable bonds is 5. The van der Waals surface area contributed by atoms with Gasteiger partial charge >= 0.3 is 11.9 Å². The monoisotopic (exact) mass is 381 g/mol. The maximum absolute atomic E-state index is 12.4. The fourth-order valence-corrected chi connectivity index (χ4v) is 3.35. The SMILES string of the molecule is CCOC(=O)c1c(NC(=O)c2ccc(Cl)cc2)sc(C(=O)OC)c1C. The second-order valence-corrected chi connectivity index (χ2v) is 6.39. The van der Waals surface area contributed by atoms with Crippen LogP contribution in [0.1, 0.15) is 42.9 Å². The first-order chi connectivity index (χ1) is 11.9. The molecule has 1 aromatic carbocycles. The average molecular weight is 382 g/mol. The summed E-state index contributed by atoms with van der Waals surface area (Å²) in [6.45, 7) is 3.45. The van der Waals surface area contributed by atoms with Gasteiger partial charge < -0.3 is 14.8 Å². The number of amides is 1. The zero-order valence-corrected chi connectivity index (χ0v) is 15.4. The first kappa shape index (κ1) is 19.0. The van der Waals surface area contributed by atoms with Crippen molar-refractivity contribution in [2.24, 2.45) is 0 Å². The summed E-state index contributed by atoms with van der Waals surface area (Å²) in [7, 11) is 1.25. The lowest BCUT2D eigenvalue weighted by Gasteiger charge is -2.07. The van der Waals surface area contributed by atoms with Gasteiger partial charge in [-0.15, -0.1) is 11.3 Å². The number of thiophene rings is 1. The minimum absolute atomic E-state index is 0.148. The van der Waals surface area contributed by atoms with Crippen LogP contribution in [-0.2, 0) is 9.47 Å². The Hall–Kier alpha value is -2.38. The molecule has 6 nitrogen and oxygen atoms in total. The van der Waals surface area contributed by atoms with Crippen molar-refractivity contribution >= 4 is 45.8 Å². The number of ether oxygens (including phenoxy) is 2. The van der Waals surface area contributed by atoms with E-state index >= 15 is 0 Å². The van der Waals surface area contributed by atoms with E-state index in [4.69, 9.17) is 21.1 Å². The van der Waals surface area contributed by atoms with Gasteiger partial charge in [-0.1, -0.05) is 11.6 Å². The number of benzene rings is 1. The summed E-state index contributed by atoms with van der Waals surface area (Å²) in [6.07, 6.45) is 0. The van der Waals surface area contributed by atoms with Crippen LogP contribution in [0.5, 0.6) is 0 Å². The number of halogens is 1. The van der Waals surface area contributed by atoms with E-state index in [-0.39, 0.29) is 22.0 Å². The normalized spacial score (nSPS) is 10.2. The molecule has 0 bridgehead atoms. The minimum atomic E-state index is -0.613. The van der Waals surface area contributed by atoms with Crippen molar-refractivity contribution in [2.45, 2.75) is 13.8 Å². The maximum atomic E-state index is 12.4. The Morgan fingerprint density at radius 1 is 1.16 bits per heavy atom. The Morgan fingerprint density at radius 3 is 2.36 bits per heavy atom. The molecule has 0 aliphatic carbocycles. The number of nitrogens with one attached hydrogen (secondary N) is 1. The van der Waals surface area contributed by atoms with Crippen molar-refractivity contribution in [1.29, 1.82) is 0 Å². The van der Waals surface area contributed by atoms with Crippen molar-refractivity contribution in [3.8, 4) is 0 Å². The van der Waals surface area contributed by atoms with Crippen molar-refractivity contribution in [2.75, 3.05) is 19.0 Å². The van der Waals surface area contributed by atoms with Gasteiger partial charge in [-0.2, -0.15) is 0 Å². The Labute approximate surface area is 153 Å². The van der Waals surface area contributed by atoms with Gasteiger partial charge in [-0.05, 0) is 43.7 Å². The number of hydrogen-bond donors (Lipinski definition) is 1. The van der Waals surface area contributed by atoms with Gasteiger partial charge in [0.15, 0.2) is 0 Å². The topological polar surface area (TPSA) is 81.7 Å². The third-order valence-electron chi connectivity index (χ3n) is 3.33. The molecule has 132 valence electrons. The molecule has 0 aliphatic heterocycles. The third kappa shape index (κ3) is 4.18. The molecule has 0 unspecified atom stereocenters. The largest absolute Gasteiger partial charge is 0.465 e. The van der Waals surface area contributed by atoms with E-state index in [9.17, 15) is 14.4 Å². The molecule has 1 amide bonds. The molecule has 0 saturated carbocycles. The van der Waals surface area contributed by atoms with Gasteiger partial charge in [-0.25, -0.2) is 9.59 Å². The number of methoxy groups -OCH3 is 1. The minimum Gasteiger partial charge on any atom is -0.465 e. The van der Waals surface area contributed by atoms with Crippen LogP contribution in [-0.4, -0.2) is 31.6 Å². The molecule has 25 heavy (non-hydrogen) atoms. The quantitative estimate of drug-likeness (QED) is 0.793. The smallest absolute Gasteiger partial charge is 0.348 e. The maximum Gasteiger partial charge on any atom is 0.348 e. The van der Waals surface area contributed by atoms with Crippen LogP contribution in [0.3, 0.4) is 0 Å². The first-order valence-corrected chi connectivity index (χ1v) is 8.54. The zero-order chi connectivity index (χ0) is 18.6. The Kier molecular flexibility index (Phi) is 6.17. The van der Waals surface area contributed by atoms with Crippen molar-refractivity contribution in [1.82, 2.24) is 0 Å². The summed E-state index contributed by atoms with van der Waals surface area (Å²) in [5.74, 6) is -1.63. The fourth-order valence-electron chi connectivity index (χ4n) is 2.11. The van der Waals surface area contributed by atoms with Gasteiger partial charge in [0.2, 0.25) is 0 Å². The van der Waals surface area contributed by atoms with Gasteiger partial charge in [0.1, 0.15) is 9.88 Å². The van der Waals surface area contributed by atoms with Crippen molar-refractivity contribution < 1.29 is 23.9 Å². The second kappa shape index (κ2) is 8.13. The molecule has 0 fully saturated rings. The van der Waals surface area contributed by atoms with E-state index in [1.54, 1.807) is 38.1 Å². The van der Waals surface area contributed by atoms with Crippen LogP contribution >= 0.6 is 22.9 Å². The number of hydrogen-bond acceptors (Lipinski definition) is 6. The molecule has 2 aromatic rings. The molecule has 0 radical (unpaired) electrons. The summed E-state index contributed by atoms with van der Waals surface area (Å²) in [5.41, 5.74) is 0.918. The van der Waals surface area contributed by atoms with E-state index in [1.807, 2.05) is 0 Å². The predicted molar refractivity (Wildman–Crippen MR) is 95.8 cm³/mol. The molecule has 1 aromatic heterocycles. The van der Waals surface area contributed by atoms with Crippen molar-refractivity contribution in [3.63, 3.8) is 0 Å². The summed E-state index contributed by atoms with van der Waals surface area (Å²) in [4.78, 5) is 36.8. The van der Waals surface area contributed by atoms with Gasteiger partial charge in [0, 0.05) is 10.6 Å². The summed E-state index contributed by atoms with van der Waals surface area (Å²) in [5, 5.41) is 3.39. The molecular weight excluding hydrogens is 366 g/mol. The number of anilines is 1. The number of carbonyl (C=O) groups is 3. The van der Waals surface area contributed by atoms with E-state index < -0.39 is 17.8 Å². The van der Waals surface area contributed by atoms with Crippen LogP contribution in [0.4, 0.5) is 5.00 Å². The lowest BCUT2D eigenvalue weighted by atomic mass is 10.1. The van der Waals surface area contributed by atoms with E-state index in [2.05, 4.69) is 5.32 Å². The average Bonchev–Trinajstić information content (AvgIpc) is 2.91. The summed E-state index contributed by atoms with van der Waals surface area (Å²) >= 11 is 6.78. The first-order valence-electron chi connectivity index (χ1n) is 7.34. The highest BCUT2D eigenvalue weighted by Crippen LogP contribution is 2.34. The second-order valence-electron chi connectivity index (χ2n) is 4.93. The highest BCUT2D eigenvalue weighted by atomic mass is 35.5. The predicted octanol–water partition coefficient (Wildman–Crippen LogP) is 3.93. The molecule has 2 rings (SSSR count). The third-order valence-corrected chi connectivity index (χ3v) is 4.77. The highest BCUT2D eigenvalue weighted by Gasteiger charge is 2.27. The lowest BCUT2D eigenvalue weighted by Crippen LogP contribution is -2.14. The van der Waals surface area contributed by atoms with Crippen LogP contribution in [0.2, 0.25) is 5.02 Å². The highest BCUT2D eigenvalue weighted by molar-refractivity contribution is 7.18. The molecule has 0 atom stereocenters. The summed E-state index contributed by atoms with van der Waals surface area (Å²) in [6, 6.07) is 6.29. The van der Waals surface area contributed by atoms with E-state index in [0.717, 1.165) is 11.3 Å². The molecule has 0 aliphatic rings. The van der Waals surface area contributed by atoms with Gasteiger partial charge in [0.25, 0.3) is 5.91 Å². The molecule has 0 saturated heterocycles. The number of esters is 2. The molecule has 0 spiro atoms. The van der Waals surface area contributed by atoms with Crippen LogP contribution in [0.25, 0.3) is 0 Å². The lowest BCUT2D eigenvalue weighted by molar-refractivity contribution is 0.0527. The zero-order valence-electron chi connectivity index (χ0n) is 13.8. The Morgan fingerprint density at radius 2 is 1.80 bits per heavy atom. The standard InChI is InChI=1S/C17H16ClNO5S/c1-4-24-16(21)12-9(2)13(17(22)23-3)25-15(12)19-14(20)10-5-7-11(18)8-6-10/h5-8H,4H2,1-3H3,(H,19,20). The van der Waals surface area contributed by atoms with Crippen LogP contribution in [0.15, 0.2) is 24.3 Å². The Bertz CT molecular complexity index is 813. The van der Waals surface area contributed by atoms with Crippen molar-refractivity contribution in [3.05, 3.63) is 50.9 Å². The summed E-state index contributed by atoms with van der Waals surface area (Å²) < 4.78 is 9.75. The van der Waals surface area contributed by atoms with Gasteiger partial charge in [0.05, 0.1) is 19.3 Å². The molecule has 1 N–H and O–H groups in total. The fraction of sp³-hybridized carbons (Fsp3) is 0.235. The van der Waals surface area contributed by atoms with Crippen LogP contribution < -0.4 is 5.32 Å². The van der Waals surface area contributed by atoms with Crippen LogP contribution in [0, 0.1) is 6.92 Å². The van der Waals surface area contributed by atoms with Gasteiger partial charge in [-0.3, -0.25) is 4.79 Å².